The molecule has 0 aliphatic heterocycles. The first-order valence-electron chi connectivity index (χ1n) is 12.1. The van der Waals surface area contributed by atoms with Crippen molar-refractivity contribution in [2.45, 2.75) is 147 Å². The Kier molecular flexibility index (Phi) is 18.8. The Morgan fingerprint density at radius 3 is 1.25 bits per heavy atom. The minimum Gasteiger partial charge on any atom is -0.392 e. The average Bonchev–Trinajstić information content (AvgIpc) is 2.64. The SMILES string of the molecule is CCCCCCCCCCCCC(O)C(CCCCCCCCC)S(=O)(=O)O. The number of hydrogen-bond donors (Lipinski definition) is 2. The normalized spacial score (nSPS) is 14.3. The van der Waals surface area contributed by atoms with Crippen molar-refractivity contribution in [3.63, 3.8) is 0 Å². The molecule has 0 aliphatic rings. The van der Waals surface area contributed by atoms with Crippen LogP contribution in [0.2, 0.25) is 0 Å². The first-order chi connectivity index (χ1) is 13.4. The number of unbranched alkanes of at least 4 members (excludes halogenated alkanes) is 15. The van der Waals surface area contributed by atoms with Crippen molar-refractivity contribution in [2.75, 3.05) is 0 Å². The summed E-state index contributed by atoms with van der Waals surface area (Å²) >= 11 is 0. The third kappa shape index (κ3) is 16.8. The lowest BCUT2D eigenvalue weighted by molar-refractivity contribution is 0.146. The van der Waals surface area contributed by atoms with Crippen LogP contribution in [0.25, 0.3) is 0 Å². The molecular formula is C23H48O4S. The van der Waals surface area contributed by atoms with E-state index in [9.17, 15) is 18.1 Å². The van der Waals surface area contributed by atoms with E-state index < -0.39 is 21.5 Å². The molecule has 0 saturated carbocycles. The van der Waals surface area contributed by atoms with Gasteiger partial charge in [-0.1, -0.05) is 123 Å². The van der Waals surface area contributed by atoms with Crippen molar-refractivity contribution in [3.05, 3.63) is 0 Å². The van der Waals surface area contributed by atoms with Crippen LogP contribution >= 0.6 is 0 Å². The fourth-order valence-corrected chi connectivity index (χ4v) is 4.87. The molecule has 0 fully saturated rings. The minimum atomic E-state index is -4.18. The molecule has 0 rings (SSSR count). The molecule has 0 saturated heterocycles. The van der Waals surface area contributed by atoms with Gasteiger partial charge in [-0.05, 0) is 12.8 Å². The van der Waals surface area contributed by atoms with Crippen molar-refractivity contribution >= 4 is 10.1 Å². The van der Waals surface area contributed by atoms with Gasteiger partial charge in [0.2, 0.25) is 0 Å². The molecule has 2 atom stereocenters. The van der Waals surface area contributed by atoms with Gasteiger partial charge in [0.25, 0.3) is 10.1 Å². The van der Waals surface area contributed by atoms with Gasteiger partial charge in [-0.25, -0.2) is 0 Å². The summed E-state index contributed by atoms with van der Waals surface area (Å²) in [4.78, 5) is 0. The molecule has 0 aromatic carbocycles. The first-order valence-corrected chi connectivity index (χ1v) is 13.6. The molecular weight excluding hydrogens is 372 g/mol. The summed E-state index contributed by atoms with van der Waals surface area (Å²) in [5, 5.41) is 9.29. The van der Waals surface area contributed by atoms with Gasteiger partial charge in [0.15, 0.2) is 0 Å². The molecule has 0 spiro atoms. The van der Waals surface area contributed by atoms with Gasteiger partial charge >= 0.3 is 0 Å². The van der Waals surface area contributed by atoms with Crippen molar-refractivity contribution in [3.8, 4) is 0 Å². The van der Waals surface area contributed by atoms with Gasteiger partial charge in [0.1, 0.15) is 5.25 Å². The summed E-state index contributed by atoms with van der Waals surface area (Å²) < 4.78 is 32.8. The molecule has 170 valence electrons. The molecule has 2 unspecified atom stereocenters. The predicted molar refractivity (Wildman–Crippen MR) is 120 cm³/mol. The molecule has 0 heterocycles. The topological polar surface area (TPSA) is 74.6 Å². The van der Waals surface area contributed by atoms with E-state index in [2.05, 4.69) is 13.8 Å². The van der Waals surface area contributed by atoms with Gasteiger partial charge in [0, 0.05) is 0 Å². The monoisotopic (exact) mass is 420 g/mol. The van der Waals surface area contributed by atoms with E-state index in [-0.39, 0.29) is 0 Å². The van der Waals surface area contributed by atoms with Gasteiger partial charge in [-0.3, -0.25) is 4.55 Å². The molecule has 5 heteroatoms. The van der Waals surface area contributed by atoms with Gasteiger partial charge in [0.05, 0.1) is 6.10 Å². The Hall–Kier alpha value is -0.130. The lowest BCUT2D eigenvalue weighted by Crippen LogP contribution is -2.33. The average molecular weight is 421 g/mol. The second-order valence-corrected chi connectivity index (χ2v) is 10.1. The third-order valence-corrected chi connectivity index (χ3v) is 7.07. The molecule has 0 aromatic heterocycles. The predicted octanol–water partition coefficient (Wildman–Crippen LogP) is 7.06. The van der Waals surface area contributed by atoms with Gasteiger partial charge in [-0.15, -0.1) is 0 Å². The van der Waals surface area contributed by atoms with E-state index in [1.54, 1.807) is 0 Å². The maximum atomic E-state index is 11.7. The summed E-state index contributed by atoms with van der Waals surface area (Å²) in [5.41, 5.74) is 0. The van der Waals surface area contributed by atoms with Crippen LogP contribution in [0.1, 0.15) is 136 Å². The summed E-state index contributed by atoms with van der Waals surface area (Å²) in [5.74, 6) is 0. The fraction of sp³-hybridized carbons (Fsp3) is 1.00. The molecule has 0 bridgehead atoms. The van der Waals surface area contributed by atoms with Gasteiger partial charge < -0.3 is 5.11 Å². The maximum absolute atomic E-state index is 11.7. The van der Waals surface area contributed by atoms with E-state index in [1.807, 2.05) is 0 Å². The molecule has 0 amide bonds. The third-order valence-electron chi connectivity index (χ3n) is 5.76. The zero-order valence-electron chi connectivity index (χ0n) is 18.7. The van der Waals surface area contributed by atoms with Crippen LogP contribution in [0, 0.1) is 0 Å². The zero-order valence-corrected chi connectivity index (χ0v) is 19.5. The highest BCUT2D eigenvalue weighted by molar-refractivity contribution is 7.86. The number of aliphatic hydroxyl groups is 1. The van der Waals surface area contributed by atoms with E-state index in [0.29, 0.717) is 12.8 Å². The van der Waals surface area contributed by atoms with Gasteiger partial charge in [-0.2, -0.15) is 8.42 Å². The van der Waals surface area contributed by atoms with Crippen LogP contribution in [0.15, 0.2) is 0 Å². The van der Waals surface area contributed by atoms with Crippen LogP contribution in [0.3, 0.4) is 0 Å². The summed E-state index contributed by atoms with van der Waals surface area (Å²) in [6, 6.07) is 0. The standard InChI is InChI=1S/C23H48O4S/c1-3-5-7-9-11-12-13-15-16-18-20-22(24)23(28(25,26)27)21-19-17-14-10-8-6-4-2/h22-24H,3-21H2,1-2H3,(H,25,26,27). The summed E-state index contributed by atoms with van der Waals surface area (Å²) in [6.45, 7) is 4.42. The Balaban J connectivity index is 3.85. The van der Waals surface area contributed by atoms with Crippen molar-refractivity contribution in [1.29, 1.82) is 0 Å². The van der Waals surface area contributed by atoms with Crippen LogP contribution in [-0.4, -0.2) is 29.4 Å². The Bertz CT molecular complexity index is 422. The van der Waals surface area contributed by atoms with Crippen LogP contribution in [0.5, 0.6) is 0 Å². The highest BCUT2D eigenvalue weighted by atomic mass is 32.2. The Morgan fingerprint density at radius 2 is 0.893 bits per heavy atom. The summed E-state index contributed by atoms with van der Waals surface area (Å²) in [6.07, 6.45) is 19.7. The lowest BCUT2D eigenvalue weighted by atomic mass is 10.0. The smallest absolute Gasteiger partial charge is 0.270 e. The zero-order chi connectivity index (χ0) is 21.1. The lowest BCUT2D eigenvalue weighted by Gasteiger charge is -2.20. The molecule has 0 aromatic rings. The number of rotatable bonds is 21. The second-order valence-electron chi connectivity index (χ2n) is 8.50. The molecule has 0 aliphatic carbocycles. The van der Waals surface area contributed by atoms with E-state index in [0.717, 1.165) is 38.5 Å². The van der Waals surface area contributed by atoms with E-state index in [4.69, 9.17) is 0 Å². The fourth-order valence-electron chi connectivity index (χ4n) is 3.87. The first kappa shape index (κ1) is 27.9. The molecule has 0 radical (unpaired) electrons. The number of aliphatic hydroxyl groups excluding tert-OH is 1. The molecule has 4 nitrogen and oxygen atoms in total. The van der Waals surface area contributed by atoms with Crippen LogP contribution in [-0.2, 0) is 10.1 Å². The maximum Gasteiger partial charge on any atom is 0.270 e. The van der Waals surface area contributed by atoms with E-state index in [1.165, 1.54) is 70.6 Å². The second kappa shape index (κ2) is 18.9. The quantitative estimate of drug-likeness (QED) is 0.154. The largest absolute Gasteiger partial charge is 0.392 e. The van der Waals surface area contributed by atoms with Crippen molar-refractivity contribution in [2.24, 2.45) is 0 Å². The Morgan fingerprint density at radius 1 is 0.571 bits per heavy atom. The molecule has 28 heavy (non-hydrogen) atoms. The summed E-state index contributed by atoms with van der Waals surface area (Å²) in [7, 11) is -4.18. The highest BCUT2D eigenvalue weighted by Crippen LogP contribution is 2.20. The van der Waals surface area contributed by atoms with Crippen LogP contribution in [0.4, 0.5) is 0 Å². The van der Waals surface area contributed by atoms with Crippen molar-refractivity contribution < 1.29 is 18.1 Å². The van der Waals surface area contributed by atoms with E-state index >= 15 is 0 Å². The highest BCUT2D eigenvalue weighted by Gasteiger charge is 2.29. The Labute approximate surface area is 175 Å². The number of hydrogen-bond acceptors (Lipinski definition) is 3. The van der Waals surface area contributed by atoms with Crippen molar-refractivity contribution in [1.82, 2.24) is 0 Å². The molecule has 2 N–H and O–H groups in total. The van der Waals surface area contributed by atoms with Crippen LogP contribution < -0.4 is 0 Å². The minimum absolute atomic E-state index is 0.367.